The second-order valence-electron chi connectivity index (χ2n) is 5.00. The third-order valence-electron chi connectivity index (χ3n) is 2.99. The van der Waals surface area contributed by atoms with E-state index in [0.717, 1.165) is 5.56 Å². The molecule has 1 amide bonds. The zero-order valence-electron chi connectivity index (χ0n) is 12.9. The van der Waals surface area contributed by atoms with Gasteiger partial charge in [0.25, 0.3) is 5.89 Å². The number of carboxylic acid groups (broad SMARTS) is 1. The molecule has 0 aliphatic carbocycles. The molecule has 0 aliphatic rings. The van der Waals surface area contributed by atoms with Crippen LogP contribution in [-0.2, 0) is 27.5 Å². The summed E-state index contributed by atoms with van der Waals surface area (Å²) in [7, 11) is 0. The van der Waals surface area contributed by atoms with Crippen molar-refractivity contribution in [2.24, 2.45) is 0 Å². The molecular weight excluding hydrogens is 338 g/mol. The summed E-state index contributed by atoms with van der Waals surface area (Å²) in [6.07, 6.45) is 0. The van der Waals surface area contributed by atoms with E-state index in [1.807, 2.05) is 0 Å². The zero-order valence-corrected chi connectivity index (χ0v) is 13.7. The molecule has 0 radical (unpaired) electrons. The molecule has 0 unspecified atom stereocenters. The highest BCUT2D eigenvalue weighted by molar-refractivity contribution is 6.30. The molecule has 2 rings (SSSR count). The minimum atomic E-state index is -1.11. The van der Waals surface area contributed by atoms with Crippen molar-refractivity contribution in [1.29, 1.82) is 0 Å². The second-order valence-corrected chi connectivity index (χ2v) is 5.43. The number of aryl methyl sites for hydroxylation is 1. The Labute approximate surface area is 143 Å². The number of carbonyl (C=O) groups excluding carboxylic acids is 1. The minimum absolute atomic E-state index is 0.0194. The van der Waals surface area contributed by atoms with E-state index in [9.17, 15) is 9.59 Å². The third kappa shape index (κ3) is 5.64. The Morgan fingerprint density at radius 3 is 2.62 bits per heavy atom. The average Bonchev–Trinajstić information content (AvgIpc) is 2.93. The number of carboxylic acids is 1. The molecule has 0 aliphatic heterocycles. The maximum absolute atomic E-state index is 12.2. The van der Waals surface area contributed by atoms with Crippen molar-refractivity contribution in [3.05, 3.63) is 46.6 Å². The van der Waals surface area contributed by atoms with Gasteiger partial charge in [0.15, 0.2) is 5.82 Å². The first-order chi connectivity index (χ1) is 11.4. The molecule has 0 spiro atoms. The van der Waals surface area contributed by atoms with Crippen LogP contribution in [0.5, 0.6) is 0 Å². The van der Waals surface area contributed by atoms with Crippen LogP contribution < -0.4 is 0 Å². The van der Waals surface area contributed by atoms with Gasteiger partial charge in [-0.2, -0.15) is 4.98 Å². The van der Waals surface area contributed by atoms with Crippen LogP contribution in [0.4, 0.5) is 0 Å². The van der Waals surface area contributed by atoms with Crippen molar-refractivity contribution in [3.8, 4) is 0 Å². The van der Waals surface area contributed by atoms with Gasteiger partial charge in [-0.05, 0) is 24.6 Å². The van der Waals surface area contributed by atoms with E-state index < -0.39 is 18.4 Å². The highest BCUT2D eigenvalue weighted by Gasteiger charge is 2.18. The Kier molecular flexibility index (Phi) is 6.28. The fourth-order valence-electron chi connectivity index (χ4n) is 1.92. The quantitative estimate of drug-likeness (QED) is 0.769. The van der Waals surface area contributed by atoms with E-state index >= 15 is 0 Å². The smallest absolute Gasteiger partial charge is 0.323 e. The lowest BCUT2D eigenvalue weighted by atomic mass is 10.2. The molecule has 0 saturated heterocycles. The van der Waals surface area contributed by atoms with Crippen molar-refractivity contribution >= 4 is 23.5 Å². The Hall–Kier alpha value is -2.45. The van der Waals surface area contributed by atoms with Crippen molar-refractivity contribution in [1.82, 2.24) is 15.0 Å². The number of rotatable bonds is 8. The van der Waals surface area contributed by atoms with Crippen LogP contribution in [0.2, 0.25) is 5.02 Å². The number of hydrogen-bond donors (Lipinski definition) is 1. The maximum atomic E-state index is 12.2. The summed E-state index contributed by atoms with van der Waals surface area (Å²) in [5.74, 6) is -0.841. The predicted octanol–water partition coefficient (Wildman–Crippen LogP) is 1.66. The molecule has 9 heteroatoms. The van der Waals surface area contributed by atoms with Crippen molar-refractivity contribution in [2.45, 2.75) is 20.1 Å². The summed E-state index contributed by atoms with van der Waals surface area (Å²) in [5.41, 5.74) is 0.765. The molecule has 2 aromatic rings. The highest BCUT2D eigenvalue weighted by atomic mass is 35.5. The first kappa shape index (κ1) is 17.9. The average molecular weight is 354 g/mol. The number of nitrogens with zero attached hydrogens (tertiary/aromatic N) is 3. The van der Waals surface area contributed by atoms with Crippen LogP contribution in [0.15, 0.2) is 28.8 Å². The molecule has 1 aromatic heterocycles. The molecule has 1 heterocycles. The van der Waals surface area contributed by atoms with Gasteiger partial charge >= 0.3 is 5.97 Å². The van der Waals surface area contributed by atoms with E-state index in [0.29, 0.717) is 10.8 Å². The zero-order chi connectivity index (χ0) is 17.5. The van der Waals surface area contributed by atoms with Gasteiger partial charge in [-0.25, -0.2) is 0 Å². The molecule has 0 saturated carbocycles. The van der Waals surface area contributed by atoms with Crippen molar-refractivity contribution in [3.63, 3.8) is 0 Å². The molecule has 24 heavy (non-hydrogen) atoms. The Bertz CT molecular complexity index is 701. The lowest BCUT2D eigenvalue weighted by Gasteiger charge is -2.20. The van der Waals surface area contributed by atoms with E-state index in [2.05, 4.69) is 10.1 Å². The van der Waals surface area contributed by atoms with E-state index in [1.165, 1.54) is 4.90 Å². The van der Waals surface area contributed by atoms with Crippen molar-refractivity contribution in [2.75, 3.05) is 13.2 Å². The van der Waals surface area contributed by atoms with Gasteiger partial charge in [-0.15, -0.1) is 0 Å². The number of amides is 1. The van der Waals surface area contributed by atoms with E-state index in [4.69, 9.17) is 26.0 Å². The highest BCUT2D eigenvalue weighted by Crippen LogP contribution is 2.12. The molecule has 0 fully saturated rings. The largest absolute Gasteiger partial charge is 0.480 e. The molecule has 128 valence electrons. The molecule has 0 atom stereocenters. The van der Waals surface area contributed by atoms with Gasteiger partial charge in [-0.3, -0.25) is 9.59 Å². The van der Waals surface area contributed by atoms with E-state index in [-0.39, 0.29) is 25.6 Å². The molecule has 1 N–H and O–H groups in total. The van der Waals surface area contributed by atoms with Crippen LogP contribution in [0.3, 0.4) is 0 Å². The second kappa shape index (κ2) is 8.42. The van der Waals surface area contributed by atoms with Gasteiger partial charge < -0.3 is 19.3 Å². The Balaban J connectivity index is 1.91. The Morgan fingerprint density at radius 1 is 1.33 bits per heavy atom. The summed E-state index contributed by atoms with van der Waals surface area (Å²) in [5, 5.41) is 13.1. The minimum Gasteiger partial charge on any atom is -0.480 e. The first-order valence-corrected chi connectivity index (χ1v) is 7.43. The molecule has 0 bridgehead atoms. The summed E-state index contributed by atoms with van der Waals surface area (Å²) >= 11 is 5.81. The summed E-state index contributed by atoms with van der Waals surface area (Å²) in [6.45, 7) is 1.07. The van der Waals surface area contributed by atoms with Crippen LogP contribution in [-0.4, -0.2) is 45.2 Å². The number of carbonyl (C=O) groups is 2. The number of aliphatic carboxylic acids is 1. The number of aromatic nitrogens is 2. The number of hydrogen-bond acceptors (Lipinski definition) is 6. The lowest BCUT2D eigenvalue weighted by molar-refractivity contribution is -0.147. The van der Waals surface area contributed by atoms with Gasteiger partial charge in [0.1, 0.15) is 19.8 Å². The number of ether oxygens (including phenoxy) is 1. The van der Waals surface area contributed by atoms with Gasteiger partial charge in [0.05, 0.1) is 0 Å². The van der Waals surface area contributed by atoms with Crippen LogP contribution in [0, 0.1) is 6.92 Å². The number of halogens is 1. The predicted molar refractivity (Wildman–Crippen MR) is 83.2 cm³/mol. The van der Waals surface area contributed by atoms with Crippen LogP contribution >= 0.6 is 11.6 Å². The first-order valence-electron chi connectivity index (χ1n) is 7.05. The normalized spacial score (nSPS) is 10.6. The summed E-state index contributed by atoms with van der Waals surface area (Å²) < 4.78 is 10.1. The standard InChI is InChI=1S/C15H16ClN3O5/c1-10-17-13(24-18-10)8-23-9-14(20)19(7-15(21)22)6-11-2-4-12(16)5-3-11/h2-5H,6-9H2,1H3,(H,21,22). The van der Waals surface area contributed by atoms with Gasteiger partial charge in [0, 0.05) is 11.6 Å². The SMILES string of the molecule is Cc1noc(COCC(=O)N(CC(=O)O)Cc2ccc(Cl)cc2)n1. The third-order valence-corrected chi connectivity index (χ3v) is 3.24. The Morgan fingerprint density at radius 2 is 2.04 bits per heavy atom. The van der Waals surface area contributed by atoms with Gasteiger partial charge in [-0.1, -0.05) is 28.9 Å². The van der Waals surface area contributed by atoms with Crippen LogP contribution in [0.25, 0.3) is 0 Å². The summed E-state index contributed by atoms with van der Waals surface area (Å²) in [6, 6.07) is 6.81. The molecule has 1 aromatic carbocycles. The van der Waals surface area contributed by atoms with E-state index in [1.54, 1.807) is 31.2 Å². The molecular formula is C15H16ClN3O5. The maximum Gasteiger partial charge on any atom is 0.323 e. The summed E-state index contributed by atoms with van der Waals surface area (Å²) in [4.78, 5) is 28.3. The number of benzene rings is 1. The monoisotopic (exact) mass is 353 g/mol. The fourth-order valence-corrected chi connectivity index (χ4v) is 2.05. The topological polar surface area (TPSA) is 106 Å². The molecule has 8 nitrogen and oxygen atoms in total. The van der Waals surface area contributed by atoms with Crippen molar-refractivity contribution < 1.29 is 24.0 Å². The lowest BCUT2D eigenvalue weighted by Crippen LogP contribution is -2.37. The van der Waals surface area contributed by atoms with Gasteiger partial charge in [0.2, 0.25) is 5.91 Å². The fraction of sp³-hybridized carbons (Fsp3) is 0.333. The van der Waals surface area contributed by atoms with Crippen LogP contribution in [0.1, 0.15) is 17.3 Å².